The van der Waals surface area contributed by atoms with Crippen molar-refractivity contribution in [2.75, 3.05) is 57.3 Å². The SMILES string of the molecule is Cc1ccc(N)c(N)c1.Cc1ccc(N)c(N)c1.Cc1ccc(N)c(N)c1.Cc1cccc(N)c1N.Cc1cccc(N)c1N. The van der Waals surface area contributed by atoms with Gasteiger partial charge in [0.1, 0.15) is 0 Å². The molecule has 5 aromatic rings. The highest BCUT2D eigenvalue weighted by Crippen LogP contribution is 2.19. The number of benzene rings is 5. The minimum atomic E-state index is 0.653. The molecule has 0 saturated heterocycles. The Morgan fingerprint density at radius 3 is 0.733 bits per heavy atom. The van der Waals surface area contributed by atoms with Gasteiger partial charge in [-0.25, -0.2) is 0 Å². The molecule has 240 valence electrons. The summed E-state index contributed by atoms with van der Waals surface area (Å²) in [5, 5.41) is 0. The van der Waals surface area contributed by atoms with Crippen LogP contribution in [0.1, 0.15) is 27.8 Å². The number of nitrogens with two attached hydrogens (primary N) is 10. The van der Waals surface area contributed by atoms with Gasteiger partial charge in [0.15, 0.2) is 0 Å². The van der Waals surface area contributed by atoms with Crippen LogP contribution in [0.15, 0.2) is 91.0 Å². The molecule has 0 bridgehead atoms. The van der Waals surface area contributed by atoms with Crippen molar-refractivity contribution in [3.63, 3.8) is 0 Å². The predicted molar refractivity (Wildman–Crippen MR) is 200 cm³/mol. The average molecular weight is 611 g/mol. The van der Waals surface area contributed by atoms with Crippen LogP contribution in [-0.4, -0.2) is 0 Å². The van der Waals surface area contributed by atoms with Crippen LogP contribution in [0.25, 0.3) is 0 Å². The Morgan fingerprint density at radius 2 is 0.556 bits per heavy atom. The lowest BCUT2D eigenvalue weighted by atomic mass is 10.2. The zero-order valence-corrected chi connectivity index (χ0v) is 26.9. The molecule has 0 aliphatic rings. The van der Waals surface area contributed by atoms with Crippen LogP contribution in [0.4, 0.5) is 56.9 Å². The molecule has 0 unspecified atom stereocenters. The van der Waals surface area contributed by atoms with Crippen molar-refractivity contribution in [1.29, 1.82) is 0 Å². The number of hydrogen-bond acceptors (Lipinski definition) is 10. The predicted octanol–water partition coefficient (Wildman–Crippen LogP) is 5.80. The van der Waals surface area contributed by atoms with Gasteiger partial charge in [-0.2, -0.15) is 0 Å². The zero-order chi connectivity index (χ0) is 34.3. The second-order valence-corrected chi connectivity index (χ2v) is 10.6. The Labute approximate surface area is 267 Å². The summed E-state index contributed by atoms with van der Waals surface area (Å²) in [6.45, 7) is 9.82. The number of anilines is 10. The van der Waals surface area contributed by atoms with E-state index in [0.29, 0.717) is 56.9 Å². The number of rotatable bonds is 0. The average Bonchev–Trinajstić information content (AvgIpc) is 2.98. The van der Waals surface area contributed by atoms with Gasteiger partial charge in [-0.15, -0.1) is 0 Å². The molecule has 0 saturated carbocycles. The monoisotopic (exact) mass is 610 g/mol. The summed E-state index contributed by atoms with van der Waals surface area (Å²) in [6.07, 6.45) is 0. The van der Waals surface area contributed by atoms with E-state index in [-0.39, 0.29) is 0 Å². The highest BCUT2D eigenvalue weighted by molar-refractivity contribution is 5.68. The zero-order valence-electron chi connectivity index (χ0n) is 26.9. The van der Waals surface area contributed by atoms with Crippen LogP contribution in [0.5, 0.6) is 0 Å². The Balaban J connectivity index is 0.000000281. The topological polar surface area (TPSA) is 260 Å². The van der Waals surface area contributed by atoms with E-state index in [4.69, 9.17) is 57.3 Å². The van der Waals surface area contributed by atoms with Crippen LogP contribution >= 0.6 is 0 Å². The fourth-order valence-corrected chi connectivity index (χ4v) is 3.49. The third-order valence-electron chi connectivity index (χ3n) is 6.44. The van der Waals surface area contributed by atoms with E-state index in [1.165, 1.54) is 0 Å². The summed E-state index contributed by atoms with van der Waals surface area (Å²) in [7, 11) is 0. The maximum absolute atomic E-state index is 5.56. The van der Waals surface area contributed by atoms with E-state index < -0.39 is 0 Å². The molecule has 0 aromatic heterocycles. The van der Waals surface area contributed by atoms with E-state index in [0.717, 1.165) is 27.8 Å². The summed E-state index contributed by atoms with van der Waals surface area (Å²) in [6, 6.07) is 28.0. The molecule has 20 N–H and O–H groups in total. The van der Waals surface area contributed by atoms with Crippen molar-refractivity contribution in [1.82, 2.24) is 0 Å². The third kappa shape index (κ3) is 13.3. The quantitative estimate of drug-likeness (QED) is 0.0942. The smallest absolute Gasteiger partial charge is 0.0577 e. The maximum Gasteiger partial charge on any atom is 0.0577 e. The van der Waals surface area contributed by atoms with Gasteiger partial charge >= 0.3 is 0 Å². The Morgan fingerprint density at radius 1 is 0.289 bits per heavy atom. The Kier molecular flexibility index (Phi) is 14.8. The van der Waals surface area contributed by atoms with Crippen LogP contribution in [-0.2, 0) is 0 Å². The molecule has 10 nitrogen and oxygen atoms in total. The van der Waals surface area contributed by atoms with Crippen LogP contribution in [0, 0.1) is 34.6 Å². The first-order chi connectivity index (χ1) is 21.0. The number of nitrogen functional groups attached to an aromatic ring is 10. The second kappa shape index (κ2) is 17.9. The summed E-state index contributed by atoms with van der Waals surface area (Å²) >= 11 is 0. The van der Waals surface area contributed by atoms with E-state index >= 15 is 0 Å². The standard InChI is InChI=1S/5C7H10N2/c3*1-5-2-3-6(8)7(9)4-5;2*1-5-3-2-4-6(8)7(5)9/h5*2-4H,8-9H2,1H3. The van der Waals surface area contributed by atoms with Gasteiger partial charge in [-0.1, -0.05) is 42.5 Å². The number of aryl methyl sites for hydroxylation is 5. The molecular weight excluding hydrogens is 560 g/mol. The largest absolute Gasteiger partial charge is 0.397 e. The summed E-state index contributed by atoms with van der Waals surface area (Å²) in [4.78, 5) is 0. The minimum absolute atomic E-state index is 0.653. The van der Waals surface area contributed by atoms with Gasteiger partial charge in [0.2, 0.25) is 0 Å². The summed E-state index contributed by atoms with van der Waals surface area (Å²) < 4.78 is 0. The van der Waals surface area contributed by atoms with Crippen LogP contribution in [0.3, 0.4) is 0 Å². The Hall–Kier alpha value is -5.90. The molecule has 5 rings (SSSR count). The van der Waals surface area contributed by atoms with Gasteiger partial charge in [-0.05, 0) is 111 Å². The highest BCUT2D eigenvalue weighted by Gasteiger charge is 1.95. The maximum atomic E-state index is 5.56. The van der Waals surface area contributed by atoms with Gasteiger partial charge < -0.3 is 57.3 Å². The van der Waals surface area contributed by atoms with Crippen molar-refractivity contribution in [2.45, 2.75) is 34.6 Å². The summed E-state index contributed by atoms with van der Waals surface area (Å²) in [5.41, 5.74) is 67.1. The van der Waals surface area contributed by atoms with Crippen molar-refractivity contribution >= 4 is 56.9 Å². The molecule has 0 aliphatic heterocycles. The van der Waals surface area contributed by atoms with Crippen LogP contribution < -0.4 is 57.3 Å². The first-order valence-electron chi connectivity index (χ1n) is 14.1. The van der Waals surface area contributed by atoms with E-state index in [1.54, 1.807) is 12.1 Å². The number of para-hydroxylation sites is 2. The molecule has 0 radical (unpaired) electrons. The lowest BCUT2D eigenvalue weighted by molar-refractivity contribution is 1.47. The van der Waals surface area contributed by atoms with Crippen molar-refractivity contribution in [2.24, 2.45) is 0 Å². The Bertz CT molecular complexity index is 1460. The van der Waals surface area contributed by atoms with Crippen molar-refractivity contribution in [3.8, 4) is 0 Å². The van der Waals surface area contributed by atoms with Gasteiger partial charge in [0, 0.05) is 0 Å². The molecule has 0 fully saturated rings. The molecule has 0 heterocycles. The van der Waals surface area contributed by atoms with Gasteiger partial charge in [-0.3, -0.25) is 0 Å². The summed E-state index contributed by atoms with van der Waals surface area (Å²) in [5.74, 6) is 0. The van der Waals surface area contributed by atoms with E-state index in [2.05, 4.69) is 0 Å². The first kappa shape index (κ1) is 37.1. The lowest BCUT2D eigenvalue weighted by Crippen LogP contribution is -1.95. The molecule has 0 amide bonds. The highest BCUT2D eigenvalue weighted by atomic mass is 14.7. The number of hydrogen-bond donors (Lipinski definition) is 10. The van der Waals surface area contributed by atoms with Crippen molar-refractivity contribution in [3.05, 3.63) is 119 Å². The fraction of sp³-hybridized carbons (Fsp3) is 0.143. The van der Waals surface area contributed by atoms with Crippen molar-refractivity contribution < 1.29 is 0 Å². The molecular formula is C35H50N10. The van der Waals surface area contributed by atoms with E-state index in [1.807, 2.05) is 113 Å². The fourth-order valence-electron chi connectivity index (χ4n) is 3.49. The van der Waals surface area contributed by atoms with Gasteiger partial charge in [0.25, 0.3) is 0 Å². The normalized spacial score (nSPS) is 9.44. The first-order valence-corrected chi connectivity index (χ1v) is 14.1. The van der Waals surface area contributed by atoms with Crippen LogP contribution in [0.2, 0.25) is 0 Å². The molecule has 0 spiro atoms. The minimum Gasteiger partial charge on any atom is -0.397 e. The second-order valence-electron chi connectivity index (χ2n) is 10.6. The van der Waals surface area contributed by atoms with E-state index in [9.17, 15) is 0 Å². The molecule has 0 atom stereocenters. The molecule has 10 heteroatoms. The third-order valence-corrected chi connectivity index (χ3v) is 6.44. The van der Waals surface area contributed by atoms with Gasteiger partial charge in [0.05, 0.1) is 56.9 Å². The lowest BCUT2D eigenvalue weighted by Gasteiger charge is -2.00. The molecule has 5 aromatic carbocycles. The molecule has 0 aliphatic carbocycles. The molecule has 45 heavy (non-hydrogen) atoms.